The molecule has 0 radical (unpaired) electrons. The number of hydrogen-bond donors (Lipinski definition) is 1. The van der Waals surface area contributed by atoms with Gasteiger partial charge in [0.25, 0.3) is 5.69 Å². The first-order valence-electron chi connectivity index (χ1n) is 6.88. The van der Waals surface area contributed by atoms with E-state index in [1.807, 2.05) is 0 Å². The van der Waals surface area contributed by atoms with Gasteiger partial charge in [-0.1, -0.05) is 25.6 Å². The molecular formula is C14H18N4O2S. The van der Waals surface area contributed by atoms with Crippen LogP contribution in [0.15, 0.2) is 23.2 Å². The second-order valence-electron chi connectivity index (χ2n) is 4.80. The summed E-state index contributed by atoms with van der Waals surface area (Å²) in [6, 6.07) is 4.71. The van der Waals surface area contributed by atoms with Gasteiger partial charge >= 0.3 is 0 Å². The molecule has 0 saturated heterocycles. The second-order valence-corrected chi connectivity index (χ2v) is 5.21. The number of nitrogens with zero attached hydrogens (tertiary/aromatic N) is 3. The highest BCUT2D eigenvalue weighted by Gasteiger charge is 2.19. The largest absolute Gasteiger partial charge is 0.378 e. The van der Waals surface area contributed by atoms with E-state index in [0.717, 1.165) is 35.7 Å². The van der Waals surface area contributed by atoms with E-state index in [0.29, 0.717) is 11.7 Å². The van der Waals surface area contributed by atoms with E-state index in [2.05, 4.69) is 22.1 Å². The van der Waals surface area contributed by atoms with Gasteiger partial charge in [0.05, 0.1) is 16.0 Å². The van der Waals surface area contributed by atoms with Crippen LogP contribution in [0.3, 0.4) is 0 Å². The summed E-state index contributed by atoms with van der Waals surface area (Å²) in [5.41, 5.74) is 0.882. The van der Waals surface area contributed by atoms with Crippen LogP contribution in [0.2, 0.25) is 0 Å². The number of benzene rings is 1. The number of likely N-dealkylation sites (N-methyl/N-ethyl adjacent to an activating group) is 1. The molecule has 0 fully saturated rings. The Morgan fingerprint density at radius 1 is 1.57 bits per heavy atom. The van der Waals surface area contributed by atoms with Crippen molar-refractivity contribution in [2.45, 2.75) is 19.8 Å². The predicted molar refractivity (Wildman–Crippen MR) is 85.4 cm³/mol. The molecule has 21 heavy (non-hydrogen) atoms. The smallest absolute Gasteiger partial charge is 0.270 e. The standard InChI is InChI=1S/C14H18N4O2S/c1-3-4-7-17-9-16-12-6-5-10(18(19)20)8-11(12)13(17)14(21)15-2/h5-6,8H,3-4,7,9H2,1-2H3,(H,15,21). The van der Waals surface area contributed by atoms with Crippen LogP contribution in [-0.2, 0) is 0 Å². The summed E-state index contributed by atoms with van der Waals surface area (Å²) in [7, 11) is 1.76. The summed E-state index contributed by atoms with van der Waals surface area (Å²) < 4.78 is 0. The van der Waals surface area contributed by atoms with Crippen LogP contribution in [-0.4, -0.2) is 35.1 Å². The highest BCUT2D eigenvalue weighted by Crippen LogP contribution is 2.12. The van der Waals surface area contributed by atoms with Gasteiger partial charge in [0.1, 0.15) is 11.7 Å². The zero-order valence-electron chi connectivity index (χ0n) is 12.1. The molecule has 0 bridgehead atoms. The average Bonchev–Trinajstić information content (AvgIpc) is 2.50. The molecule has 0 aliphatic carbocycles. The Morgan fingerprint density at radius 2 is 2.33 bits per heavy atom. The van der Waals surface area contributed by atoms with E-state index in [1.54, 1.807) is 19.2 Å². The molecule has 7 heteroatoms. The van der Waals surface area contributed by atoms with Gasteiger partial charge in [0, 0.05) is 30.9 Å². The van der Waals surface area contributed by atoms with Crippen molar-refractivity contribution in [3.05, 3.63) is 38.9 Å². The van der Waals surface area contributed by atoms with Crippen LogP contribution >= 0.6 is 12.2 Å². The minimum Gasteiger partial charge on any atom is -0.378 e. The molecule has 1 aliphatic heterocycles. The number of nitro groups is 1. The lowest BCUT2D eigenvalue weighted by Crippen LogP contribution is -2.45. The Bertz CT molecular complexity index is 687. The highest BCUT2D eigenvalue weighted by molar-refractivity contribution is 7.81. The Kier molecular flexibility index (Phi) is 4.85. The fourth-order valence-electron chi connectivity index (χ4n) is 2.28. The van der Waals surface area contributed by atoms with Crippen LogP contribution in [0, 0.1) is 10.1 Å². The summed E-state index contributed by atoms with van der Waals surface area (Å²) in [5, 5.41) is 15.4. The zero-order chi connectivity index (χ0) is 15.4. The second kappa shape index (κ2) is 6.62. The lowest BCUT2D eigenvalue weighted by Gasteiger charge is -2.28. The zero-order valence-corrected chi connectivity index (χ0v) is 12.9. The first-order valence-corrected chi connectivity index (χ1v) is 7.29. The topological polar surface area (TPSA) is 70.8 Å². The molecule has 1 aliphatic rings. The van der Waals surface area contributed by atoms with Gasteiger partial charge in [0.15, 0.2) is 0 Å². The molecule has 1 aromatic rings. The number of rotatable bonds is 5. The average molecular weight is 306 g/mol. The van der Waals surface area contributed by atoms with Gasteiger partial charge in [-0.25, -0.2) is 0 Å². The molecule has 1 aromatic carbocycles. The number of nitro benzene ring substituents is 1. The molecule has 2 rings (SSSR count). The van der Waals surface area contributed by atoms with E-state index >= 15 is 0 Å². The number of fused-ring (bicyclic) bond motifs is 1. The van der Waals surface area contributed by atoms with Crippen molar-refractivity contribution >= 4 is 28.6 Å². The van der Waals surface area contributed by atoms with Crippen LogP contribution in [0.25, 0.3) is 5.70 Å². The van der Waals surface area contributed by atoms with E-state index in [9.17, 15) is 10.1 Å². The maximum absolute atomic E-state index is 11.0. The number of non-ortho nitro benzene ring substituents is 1. The van der Waals surface area contributed by atoms with E-state index < -0.39 is 4.92 Å². The molecule has 0 atom stereocenters. The van der Waals surface area contributed by atoms with Crippen LogP contribution < -0.4 is 15.9 Å². The first kappa shape index (κ1) is 15.4. The summed E-state index contributed by atoms with van der Waals surface area (Å²) in [4.78, 5) is 17.7. The van der Waals surface area contributed by atoms with Crippen molar-refractivity contribution in [3.8, 4) is 0 Å². The summed E-state index contributed by atoms with van der Waals surface area (Å²) in [6.45, 7) is 3.48. The Hall–Kier alpha value is -2.02. The molecule has 1 N–H and O–H groups in total. The van der Waals surface area contributed by atoms with Gasteiger partial charge in [-0.15, -0.1) is 0 Å². The SMILES string of the molecule is CCCCN1CN=c2ccc([N+](=O)[O-])cc2=C1C(=S)NC. The molecule has 0 saturated carbocycles. The van der Waals surface area contributed by atoms with Crippen molar-refractivity contribution in [3.63, 3.8) is 0 Å². The van der Waals surface area contributed by atoms with Gasteiger partial charge in [-0.05, 0) is 12.5 Å². The Morgan fingerprint density at radius 3 is 2.95 bits per heavy atom. The summed E-state index contributed by atoms with van der Waals surface area (Å²) >= 11 is 5.39. The number of thiocarbonyl (C=S) groups is 1. The fraction of sp³-hybridized carbons (Fsp3) is 0.429. The predicted octanol–water partition coefficient (Wildman–Crippen LogP) is 0.943. The third kappa shape index (κ3) is 3.18. The van der Waals surface area contributed by atoms with Crippen LogP contribution in [0.5, 0.6) is 0 Å². The maximum Gasteiger partial charge on any atom is 0.270 e. The van der Waals surface area contributed by atoms with Crippen LogP contribution in [0.1, 0.15) is 19.8 Å². The van der Waals surface area contributed by atoms with Gasteiger partial charge < -0.3 is 10.2 Å². The van der Waals surface area contributed by atoms with Crippen molar-refractivity contribution in [2.75, 3.05) is 20.3 Å². The molecule has 0 spiro atoms. The molecule has 1 heterocycles. The lowest BCUT2D eigenvalue weighted by atomic mass is 10.1. The molecule has 0 unspecified atom stereocenters. The van der Waals surface area contributed by atoms with Gasteiger partial charge in [-0.2, -0.15) is 0 Å². The van der Waals surface area contributed by atoms with Crippen LogP contribution in [0.4, 0.5) is 5.69 Å². The highest BCUT2D eigenvalue weighted by atomic mass is 32.1. The van der Waals surface area contributed by atoms with Crippen molar-refractivity contribution in [1.82, 2.24) is 10.2 Å². The number of unbranched alkanes of at least 4 members (excludes halogenated alkanes) is 1. The molecule has 0 aromatic heterocycles. The van der Waals surface area contributed by atoms with Crippen molar-refractivity contribution in [2.24, 2.45) is 4.99 Å². The maximum atomic E-state index is 11.0. The number of nitrogens with one attached hydrogen (secondary N) is 1. The van der Waals surface area contributed by atoms with E-state index in [4.69, 9.17) is 12.2 Å². The quantitative estimate of drug-likeness (QED) is 0.498. The molecular weight excluding hydrogens is 288 g/mol. The minimum absolute atomic E-state index is 0.0534. The van der Waals surface area contributed by atoms with Crippen molar-refractivity contribution in [1.29, 1.82) is 0 Å². The molecule has 0 amide bonds. The first-order chi connectivity index (χ1) is 10.1. The van der Waals surface area contributed by atoms with Gasteiger partial charge in [0.2, 0.25) is 0 Å². The van der Waals surface area contributed by atoms with Crippen molar-refractivity contribution < 1.29 is 4.92 Å². The van der Waals surface area contributed by atoms with E-state index in [-0.39, 0.29) is 5.69 Å². The Balaban J connectivity index is 2.63. The summed E-state index contributed by atoms with van der Waals surface area (Å²) in [5.74, 6) is 0. The Labute approximate surface area is 128 Å². The third-order valence-electron chi connectivity index (χ3n) is 3.40. The molecule has 6 nitrogen and oxygen atoms in total. The normalized spacial score (nSPS) is 13.4. The fourth-order valence-corrected chi connectivity index (χ4v) is 2.52. The lowest BCUT2D eigenvalue weighted by molar-refractivity contribution is -0.385. The third-order valence-corrected chi connectivity index (χ3v) is 3.80. The number of hydrogen-bond acceptors (Lipinski definition) is 5. The summed E-state index contributed by atoms with van der Waals surface area (Å²) in [6.07, 6.45) is 2.09. The monoisotopic (exact) mass is 306 g/mol. The van der Waals surface area contributed by atoms with E-state index in [1.165, 1.54) is 6.07 Å². The van der Waals surface area contributed by atoms with Gasteiger partial charge in [-0.3, -0.25) is 15.1 Å². The minimum atomic E-state index is -0.398. The molecule has 112 valence electrons.